The quantitative estimate of drug-likeness (QED) is 0.444. The summed E-state index contributed by atoms with van der Waals surface area (Å²) >= 11 is 6.49. The molecule has 1 heterocycles. The highest BCUT2D eigenvalue weighted by Gasteiger charge is 2.30. The van der Waals surface area contributed by atoms with Gasteiger partial charge in [-0.05, 0) is 30.5 Å². The van der Waals surface area contributed by atoms with Crippen LogP contribution < -0.4 is 5.32 Å². The number of halogens is 1. The van der Waals surface area contributed by atoms with E-state index in [1.807, 2.05) is 36.4 Å². The molecule has 0 bridgehead atoms. The Balaban J connectivity index is 1.67. The minimum atomic E-state index is -1.73. The van der Waals surface area contributed by atoms with Gasteiger partial charge in [-0.15, -0.1) is 0 Å². The van der Waals surface area contributed by atoms with Crippen LogP contribution in [0.25, 0.3) is 11.1 Å². The Hall–Kier alpha value is -3.63. The van der Waals surface area contributed by atoms with Crippen LogP contribution in [-0.4, -0.2) is 88.8 Å². The second-order valence-corrected chi connectivity index (χ2v) is 9.03. The molecular formula is C26H30ClN3O7. The Morgan fingerprint density at radius 3 is 2.27 bits per heavy atom. The smallest absolute Gasteiger partial charge is 0.409 e. The first-order valence-corrected chi connectivity index (χ1v) is 12.3. The van der Waals surface area contributed by atoms with Crippen molar-refractivity contribution in [2.24, 2.45) is 0 Å². The van der Waals surface area contributed by atoms with E-state index in [4.69, 9.17) is 21.4 Å². The number of carbonyl (C=O) groups excluding carboxylic acids is 3. The summed E-state index contributed by atoms with van der Waals surface area (Å²) in [6, 6.07) is 14.0. The van der Waals surface area contributed by atoms with Crippen molar-refractivity contribution in [3.05, 3.63) is 59.1 Å². The van der Waals surface area contributed by atoms with E-state index in [-0.39, 0.29) is 45.6 Å². The van der Waals surface area contributed by atoms with Crippen molar-refractivity contribution in [2.75, 3.05) is 32.8 Å². The van der Waals surface area contributed by atoms with Crippen molar-refractivity contribution in [3.63, 3.8) is 0 Å². The fraction of sp³-hybridized carbons (Fsp3) is 0.385. The van der Waals surface area contributed by atoms with Crippen LogP contribution in [0.4, 0.5) is 4.79 Å². The summed E-state index contributed by atoms with van der Waals surface area (Å²) in [5.74, 6) is -3.15. The fourth-order valence-corrected chi connectivity index (χ4v) is 4.40. The molecule has 0 aliphatic carbocycles. The Labute approximate surface area is 219 Å². The minimum absolute atomic E-state index is 0.148. The second kappa shape index (κ2) is 13.1. The van der Waals surface area contributed by atoms with Crippen molar-refractivity contribution in [1.82, 2.24) is 15.1 Å². The molecule has 1 aliphatic rings. The zero-order valence-electron chi connectivity index (χ0n) is 20.4. The molecule has 3 rings (SSSR count). The lowest BCUT2D eigenvalue weighted by atomic mass is 9.97. The number of carboxylic acids is 1. The summed E-state index contributed by atoms with van der Waals surface area (Å²) in [4.78, 5) is 51.4. The van der Waals surface area contributed by atoms with Crippen molar-refractivity contribution in [2.45, 2.75) is 31.9 Å². The van der Waals surface area contributed by atoms with Gasteiger partial charge >= 0.3 is 23.9 Å². The van der Waals surface area contributed by atoms with Crippen LogP contribution in [0, 0.1) is 0 Å². The largest absolute Gasteiger partial charge is 0.479 e. The molecule has 1 aliphatic heterocycles. The molecule has 0 aromatic heterocycles. The van der Waals surface area contributed by atoms with E-state index in [0.29, 0.717) is 10.6 Å². The summed E-state index contributed by atoms with van der Waals surface area (Å²) in [6.45, 7) is 2.71. The highest BCUT2D eigenvalue weighted by molar-refractivity contribution is 6.35. The lowest BCUT2D eigenvalue weighted by Gasteiger charge is -2.34. The average molecular weight is 532 g/mol. The van der Waals surface area contributed by atoms with Crippen LogP contribution in [0.3, 0.4) is 0 Å². The standard InChI is InChI=1S/C26H30ClN3O7/c1-2-37-26(36)30-12-10-29(11-13-30)24(33)23(32)28-19(16-22(31)25(34)35)14-17-8-9-20(21(27)15-17)18-6-4-3-5-7-18/h3-9,15,19,22,31H,2,10-14,16H2,1H3,(H,28,32)(H,34,35)/t19-,22-/m1/s1. The first kappa shape index (κ1) is 27.9. The maximum atomic E-state index is 12.8. The predicted molar refractivity (Wildman–Crippen MR) is 136 cm³/mol. The van der Waals surface area contributed by atoms with E-state index in [2.05, 4.69) is 5.32 Å². The lowest BCUT2D eigenvalue weighted by Crippen LogP contribution is -2.55. The van der Waals surface area contributed by atoms with E-state index in [0.717, 1.165) is 11.1 Å². The number of rotatable bonds is 8. The molecule has 2 atom stereocenters. The normalized spacial score (nSPS) is 15.0. The molecule has 1 fully saturated rings. The van der Waals surface area contributed by atoms with Crippen LogP contribution in [0.2, 0.25) is 5.02 Å². The number of amides is 3. The predicted octanol–water partition coefficient (Wildman–Crippen LogP) is 2.17. The number of hydrogen-bond acceptors (Lipinski definition) is 6. The summed E-state index contributed by atoms with van der Waals surface area (Å²) in [6.07, 6.45) is -2.36. The Kier molecular flexibility index (Phi) is 9.87. The molecule has 0 unspecified atom stereocenters. The molecule has 1 saturated heterocycles. The SMILES string of the molecule is CCOC(=O)N1CCN(C(=O)C(=O)N[C@H](Cc2ccc(-c3ccccc3)c(Cl)c2)C[C@@H](O)C(=O)O)CC1. The van der Waals surface area contributed by atoms with E-state index in [1.54, 1.807) is 19.1 Å². The molecular weight excluding hydrogens is 502 g/mol. The van der Waals surface area contributed by atoms with E-state index in [9.17, 15) is 24.3 Å². The fourth-order valence-electron chi connectivity index (χ4n) is 4.08. The number of carbonyl (C=O) groups is 4. The number of nitrogens with one attached hydrogen (secondary N) is 1. The topological polar surface area (TPSA) is 136 Å². The monoisotopic (exact) mass is 531 g/mol. The van der Waals surface area contributed by atoms with E-state index < -0.39 is 36.0 Å². The van der Waals surface area contributed by atoms with Gasteiger partial charge in [0.1, 0.15) is 0 Å². The van der Waals surface area contributed by atoms with E-state index in [1.165, 1.54) is 9.80 Å². The number of nitrogens with zero attached hydrogens (tertiary/aromatic N) is 2. The number of aliphatic hydroxyl groups excluding tert-OH is 1. The van der Waals surface area contributed by atoms with Crippen molar-refractivity contribution in [3.8, 4) is 11.1 Å². The summed E-state index contributed by atoms with van der Waals surface area (Å²) < 4.78 is 4.95. The molecule has 2 aromatic carbocycles. The number of aliphatic hydroxyl groups is 1. The van der Waals surface area contributed by atoms with Gasteiger partial charge in [-0.2, -0.15) is 0 Å². The average Bonchev–Trinajstić information content (AvgIpc) is 2.89. The molecule has 3 amide bonds. The molecule has 2 aromatic rings. The molecule has 0 saturated carbocycles. The Morgan fingerprint density at radius 2 is 1.68 bits per heavy atom. The van der Waals surface area contributed by atoms with Gasteiger partial charge in [0, 0.05) is 49.2 Å². The molecule has 0 spiro atoms. The third-order valence-corrected chi connectivity index (χ3v) is 6.33. The van der Waals surface area contributed by atoms with Crippen molar-refractivity contribution >= 4 is 35.5 Å². The van der Waals surface area contributed by atoms with Crippen LogP contribution in [0.1, 0.15) is 18.9 Å². The molecule has 10 nitrogen and oxygen atoms in total. The third-order valence-electron chi connectivity index (χ3n) is 6.02. The van der Waals surface area contributed by atoms with Gasteiger partial charge in [0.25, 0.3) is 0 Å². The first-order valence-electron chi connectivity index (χ1n) is 12.0. The Bertz CT molecular complexity index is 1120. The van der Waals surface area contributed by atoms with Gasteiger partial charge in [0.05, 0.1) is 6.61 Å². The number of benzene rings is 2. The highest BCUT2D eigenvalue weighted by atomic mass is 35.5. The maximum absolute atomic E-state index is 12.8. The number of ether oxygens (including phenoxy) is 1. The molecule has 0 radical (unpaired) electrons. The highest BCUT2D eigenvalue weighted by Crippen LogP contribution is 2.29. The number of hydrogen-bond donors (Lipinski definition) is 3. The lowest BCUT2D eigenvalue weighted by molar-refractivity contribution is -0.149. The van der Waals surface area contributed by atoms with E-state index >= 15 is 0 Å². The van der Waals surface area contributed by atoms with Crippen LogP contribution in [0.5, 0.6) is 0 Å². The van der Waals surface area contributed by atoms with Gasteiger partial charge in [-0.1, -0.05) is 54.1 Å². The zero-order chi connectivity index (χ0) is 26.9. The van der Waals surface area contributed by atoms with Gasteiger partial charge < -0.3 is 30.1 Å². The van der Waals surface area contributed by atoms with Gasteiger partial charge in [0.15, 0.2) is 6.10 Å². The summed E-state index contributed by atoms with van der Waals surface area (Å²) in [7, 11) is 0. The van der Waals surface area contributed by atoms with Crippen LogP contribution in [-0.2, 0) is 25.5 Å². The first-order chi connectivity index (χ1) is 17.7. The van der Waals surface area contributed by atoms with Crippen molar-refractivity contribution < 1.29 is 34.1 Å². The zero-order valence-corrected chi connectivity index (χ0v) is 21.2. The van der Waals surface area contributed by atoms with Gasteiger partial charge in [0.2, 0.25) is 0 Å². The van der Waals surface area contributed by atoms with Gasteiger partial charge in [-0.25, -0.2) is 9.59 Å². The molecule has 11 heteroatoms. The maximum Gasteiger partial charge on any atom is 0.409 e. The molecule has 198 valence electrons. The molecule has 3 N–H and O–H groups in total. The molecule has 37 heavy (non-hydrogen) atoms. The number of carboxylic acid groups (broad SMARTS) is 1. The van der Waals surface area contributed by atoms with Crippen LogP contribution >= 0.6 is 11.6 Å². The van der Waals surface area contributed by atoms with Crippen molar-refractivity contribution in [1.29, 1.82) is 0 Å². The second-order valence-electron chi connectivity index (χ2n) is 8.62. The summed E-state index contributed by atoms with van der Waals surface area (Å²) in [5, 5.41) is 22.1. The van der Waals surface area contributed by atoms with Crippen LogP contribution in [0.15, 0.2) is 48.5 Å². The number of piperazine rings is 1. The third kappa shape index (κ3) is 7.68. The minimum Gasteiger partial charge on any atom is -0.479 e. The van der Waals surface area contributed by atoms with Gasteiger partial charge in [-0.3, -0.25) is 9.59 Å². The number of aliphatic carboxylic acids is 1. The Morgan fingerprint density at radius 1 is 1.03 bits per heavy atom. The summed E-state index contributed by atoms with van der Waals surface area (Å²) in [5.41, 5.74) is 2.44.